The van der Waals surface area contributed by atoms with Crippen molar-refractivity contribution in [3.63, 3.8) is 0 Å². The van der Waals surface area contributed by atoms with E-state index in [1.807, 2.05) is 60.7 Å². The Balaban J connectivity index is 2.13. The maximum absolute atomic E-state index is 13.0. The highest BCUT2D eigenvalue weighted by molar-refractivity contribution is 6.30. The number of hydrogen-bond donors (Lipinski definition) is 0. The number of aromatic nitrogens is 1. The van der Waals surface area contributed by atoms with Crippen LogP contribution in [0.2, 0.25) is 5.15 Å². The van der Waals surface area contributed by atoms with Crippen molar-refractivity contribution in [1.29, 1.82) is 0 Å². The van der Waals surface area contributed by atoms with E-state index >= 15 is 0 Å². The molecule has 0 spiro atoms. The van der Waals surface area contributed by atoms with Gasteiger partial charge in [0.2, 0.25) is 0 Å². The van der Waals surface area contributed by atoms with E-state index < -0.39 is 6.43 Å². The lowest BCUT2D eigenvalue weighted by molar-refractivity contribution is 0.151. The van der Waals surface area contributed by atoms with E-state index in [0.29, 0.717) is 11.4 Å². The third-order valence-electron chi connectivity index (χ3n) is 3.42. The molecule has 1 heterocycles. The largest absolute Gasteiger partial charge is 0.266 e. The van der Waals surface area contributed by atoms with Gasteiger partial charge in [-0.2, -0.15) is 0 Å². The lowest BCUT2D eigenvalue weighted by Gasteiger charge is -2.09. The third-order valence-corrected chi connectivity index (χ3v) is 3.74. The highest BCUT2D eigenvalue weighted by Crippen LogP contribution is 2.29. The van der Waals surface area contributed by atoms with Gasteiger partial charge < -0.3 is 0 Å². The Bertz CT molecular complexity index is 808. The number of hydrogen-bond acceptors (Lipinski definition) is 2. The van der Waals surface area contributed by atoms with Crippen LogP contribution >= 0.6 is 11.6 Å². The smallest absolute Gasteiger partial charge is 0.246 e. The van der Waals surface area contributed by atoms with Crippen LogP contribution in [-0.4, -0.2) is 10.7 Å². The zero-order valence-corrected chi connectivity index (χ0v) is 13.3. The summed E-state index contributed by atoms with van der Waals surface area (Å²) in [5.74, 6) is 0. The van der Waals surface area contributed by atoms with Gasteiger partial charge in [0.1, 0.15) is 5.15 Å². The maximum atomic E-state index is 13.0. The van der Waals surface area contributed by atoms with E-state index in [4.69, 9.17) is 11.6 Å². The molecule has 5 heteroatoms. The molecule has 0 amide bonds. The summed E-state index contributed by atoms with van der Waals surface area (Å²) in [5, 5.41) is -0.204. The number of alkyl halides is 2. The molecule has 0 aliphatic rings. The van der Waals surface area contributed by atoms with E-state index in [-0.39, 0.29) is 10.7 Å². The zero-order valence-electron chi connectivity index (χ0n) is 12.5. The van der Waals surface area contributed by atoms with Gasteiger partial charge in [-0.3, -0.25) is 0 Å². The molecule has 1 aromatic heterocycles. The van der Waals surface area contributed by atoms with Crippen molar-refractivity contribution in [3.05, 3.63) is 94.8 Å². The molecule has 0 atom stereocenters. The predicted molar refractivity (Wildman–Crippen MR) is 92.4 cm³/mol. The summed E-state index contributed by atoms with van der Waals surface area (Å²) in [6.07, 6.45) is -1.31. The molecule has 0 saturated heterocycles. The molecule has 3 rings (SSSR count). The van der Waals surface area contributed by atoms with Gasteiger partial charge in [0.05, 0.1) is 23.2 Å². The summed E-state index contributed by atoms with van der Waals surface area (Å²) in [6, 6.07) is 20.4. The summed E-state index contributed by atoms with van der Waals surface area (Å²) in [7, 11) is 0. The fourth-order valence-corrected chi connectivity index (χ4v) is 2.47. The second-order valence-electron chi connectivity index (χ2n) is 5.07. The molecule has 0 aliphatic heterocycles. The first kappa shape index (κ1) is 16.3. The minimum atomic E-state index is -2.70. The molecule has 0 aliphatic carbocycles. The highest BCUT2D eigenvalue weighted by atomic mass is 35.5. The fraction of sp³-hybridized carbons (Fsp3) is 0.0526. The molecular formula is C19H13ClF2N2. The number of pyridine rings is 1. The Labute approximate surface area is 143 Å². The normalized spacial score (nSPS) is 10.7. The molecule has 2 nitrogen and oxygen atoms in total. The summed E-state index contributed by atoms with van der Waals surface area (Å²) in [4.78, 5) is 8.36. The van der Waals surface area contributed by atoms with E-state index in [9.17, 15) is 8.78 Å². The Morgan fingerprint density at radius 1 is 0.917 bits per heavy atom. The van der Waals surface area contributed by atoms with Gasteiger partial charge >= 0.3 is 0 Å². The topological polar surface area (TPSA) is 25.2 Å². The summed E-state index contributed by atoms with van der Waals surface area (Å²) >= 11 is 5.72. The van der Waals surface area contributed by atoms with Gasteiger partial charge in [-0.25, -0.2) is 18.8 Å². The van der Waals surface area contributed by atoms with Crippen molar-refractivity contribution in [2.24, 2.45) is 4.99 Å². The average Bonchev–Trinajstić information content (AvgIpc) is 2.62. The minimum absolute atomic E-state index is 0.204. The summed E-state index contributed by atoms with van der Waals surface area (Å²) < 4.78 is 26.0. The Kier molecular flexibility index (Phi) is 4.96. The molecule has 24 heavy (non-hydrogen) atoms. The van der Waals surface area contributed by atoms with Crippen molar-refractivity contribution in [1.82, 2.24) is 4.98 Å². The summed E-state index contributed by atoms with van der Waals surface area (Å²) in [5.41, 5.74) is 2.46. The molecule has 0 N–H and O–H groups in total. The molecule has 3 aromatic rings. The summed E-state index contributed by atoms with van der Waals surface area (Å²) in [6.45, 7) is 0. The van der Waals surface area contributed by atoms with Crippen molar-refractivity contribution < 1.29 is 8.78 Å². The molecule has 0 bridgehead atoms. The second-order valence-corrected chi connectivity index (χ2v) is 5.42. The minimum Gasteiger partial charge on any atom is -0.246 e. The fourth-order valence-electron chi connectivity index (χ4n) is 2.28. The van der Waals surface area contributed by atoms with E-state index in [1.54, 1.807) is 0 Å². The Morgan fingerprint density at radius 3 is 1.96 bits per heavy atom. The van der Waals surface area contributed by atoms with E-state index in [2.05, 4.69) is 9.98 Å². The first-order valence-electron chi connectivity index (χ1n) is 7.28. The maximum Gasteiger partial charge on any atom is 0.266 e. The molecule has 0 unspecified atom stereocenters. The van der Waals surface area contributed by atoms with Gasteiger partial charge in [-0.05, 0) is 6.07 Å². The molecule has 120 valence electrons. The lowest BCUT2D eigenvalue weighted by Crippen LogP contribution is -2.02. The quantitative estimate of drug-likeness (QED) is 0.432. The standard InChI is InChI=1S/C19H13ClF2N2/c20-18-16(19(21)22)11-15(12-23-18)24-17(13-7-3-1-4-8-13)14-9-5-2-6-10-14/h1-12,19H. The van der Waals surface area contributed by atoms with Crippen LogP contribution < -0.4 is 0 Å². The average molecular weight is 343 g/mol. The van der Waals surface area contributed by atoms with Gasteiger partial charge in [-0.15, -0.1) is 0 Å². The van der Waals surface area contributed by atoms with E-state index in [0.717, 1.165) is 11.1 Å². The van der Waals surface area contributed by atoms with Crippen molar-refractivity contribution >= 4 is 23.0 Å². The van der Waals surface area contributed by atoms with Crippen LogP contribution in [-0.2, 0) is 0 Å². The third kappa shape index (κ3) is 3.66. The number of aliphatic imine (C=N–C) groups is 1. The van der Waals surface area contributed by atoms with E-state index in [1.165, 1.54) is 12.3 Å². The molecular weight excluding hydrogens is 330 g/mol. The van der Waals surface area contributed by atoms with Crippen LogP contribution in [0.25, 0.3) is 0 Å². The Hall–Kier alpha value is -2.59. The zero-order chi connectivity index (χ0) is 16.9. The number of halogens is 3. The number of nitrogens with zero attached hydrogens (tertiary/aromatic N) is 2. The van der Waals surface area contributed by atoms with Crippen molar-refractivity contribution in [3.8, 4) is 0 Å². The van der Waals surface area contributed by atoms with Crippen LogP contribution in [0, 0.1) is 0 Å². The van der Waals surface area contributed by atoms with Crippen LogP contribution in [0.4, 0.5) is 14.5 Å². The number of benzene rings is 2. The van der Waals surface area contributed by atoms with Gasteiger partial charge in [-0.1, -0.05) is 72.3 Å². The number of rotatable bonds is 4. The van der Waals surface area contributed by atoms with Gasteiger partial charge in [0.25, 0.3) is 6.43 Å². The van der Waals surface area contributed by atoms with Gasteiger partial charge in [0, 0.05) is 11.1 Å². The van der Waals surface area contributed by atoms with Crippen LogP contribution in [0.3, 0.4) is 0 Å². The van der Waals surface area contributed by atoms with Crippen LogP contribution in [0.1, 0.15) is 23.1 Å². The van der Waals surface area contributed by atoms with Gasteiger partial charge in [0.15, 0.2) is 0 Å². The first-order chi connectivity index (χ1) is 11.6. The Morgan fingerprint density at radius 2 is 1.46 bits per heavy atom. The van der Waals surface area contributed by atoms with Crippen LogP contribution in [0.5, 0.6) is 0 Å². The SMILES string of the molecule is FC(F)c1cc(N=C(c2ccccc2)c2ccccc2)cnc1Cl. The van der Waals surface area contributed by atoms with Crippen molar-refractivity contribution in [2.75, 3.05) is 0 Å². The van der Waals surface area contributed by atoms with Crippen molar-refractivity contribution in [2.45, 2.75) is 6.43 Å². The van der Waals surface area contributed by atoms with Crippen LogP contribution in [0.15, 0.2) is 77.9 Å². The second kappa shape index (κ2) is 7.32. The highest BCUT2D eigenvalue weighted by Gasteiger charge is 2.14. The predicted octanol–water partition coefficient (Wildman–Crippen LogP) is 5.84. The molecule has 0 fully saturated rings. The lowest BCUT2D eigenvalue weighted by atomic mass is 10.0. The molecule has 0 radical (unpaired) electrons. The molecule has 2 aromatic carbocycles. The molecule has 0 saturated carbocycles. The first-order valence-corrected chi connectivity index (χ1v) is 7.66. The monoisotopic (exact) mass is 342 g/mol.